The van der Waals surface area contributed by atoms with Crippen LogP contribution in [0.25, 0.3) is 0 Å². The van der Waals surface area contributed by atoms with Crippen LogP contribution in [0.5, 0.6) is 5.75 Å². The molecular weight excluding hydrogens is 198 g/mol. The fourth-order valence-electron chi connectivity index (χ4n) is 0.989. The molecule has 0 aliphatic rings. The van der Waals surface area contributed by atoms with Gasteiger partial charge < -0.3 is 9.47 Å². The van der Waals surface area contributed by atoms with Gasteiger partial charge in [-0.25, -0.2) is 5.84 Å². The highest BCUT2D eigenvalue weighted by atomic mass is 16.5. The molecule has 0 aliphatic carbocycles. The van der Waals surface area contributed by atoms with Crippen molar-refractivity contribution >= 4 is 5.91 Å². The lowest BCUT2D eigenvalue weighted by Gasteiger charge is -2.15. The minimum Gasteiger partial charge on any atom is -0.476 e. The molecule has 1 amide bonds. The fraction of sp³-hybridized carbons (Fsp3) is 0.333. The van der Waals surface area contributed by atoms with Crippen LogP contribution >= 0.6 is 0 Å². The second-order valence-electron chi connectivity index (χ2n) is 2.76. The minimum absolute atomic E-state index is 0.123. The zero-order chi connectivity index (χ0) is 11.1. The number of methoxy groups -OCH3 is 1. The number of hydrogen-bond donors (Lipinski definition) is 2. The Bertz CT molecular complexity index is 305. The molecule has 0 spiro atoms. The highest BCUT2D eigenvalue weighted by Crippen LogP contribution is 2.09. The Morgan fingerprint density at radius 1 is 1.73 bits per heavy atom. The van der Waals surface area contributed by atoms with E-state index in [1.807, 2.05) is 5.43 Å². The van der Waals surface area contributed by atoms with Crippen LogP contribution in [0.15, 0.2) is 24.5 Å². The molecule has 1 atom stereocenters. The van der Waals surface area contributed by atoms with Gasteiger partial charge >= 0.3 is 0 Å². The molecule has 0 fully saturated rings. The van der Waals surface area contributed by atoms with Gasteiger partial charge in [0.1, 0.15) is 5.75 Å². The van der Waals surface area contributed by atoms with Gasteiger partial charge in [-0.3, -0.25) is 15.2 Å². The van der Waals surface area contributed by atoms with E-state index in [-0.39, 0.29) is 6.61 Å². The summed E-state index contributed by atoms with van der Waals surface area (Å²) in [6, 6.07) is 3.40. The zero-order valence-corrected chi connectivity index (χ0v) is 8.34. The van der Waals surface area contributed by atoms with E-state index >= 15 is 0 Å². The Labute approximate surface area is 87.4 Å². The second-order valence-corrected chi connectivity index (χ2v) is 2.76. The summed E-state index contributed by atoms with van der Waals surface area (Å²) in [7, 11) is 1.48. The van der Waals surface area contributed by atoms with Crippen LogP contribution in [-0.4, -0.2) is 30.7 Å². The largest absolute Gasteiger partial charge is 0.476 e. The number of ether oxygens (including phenoxy) is 2. The van der Waals surface area contributed by atoms with Crippen LogP contribution in [0, 0.1) is 0 Å². The third-order valence-corrected chi connectivity index (χ3v) is 1.67. The normalized spacial score (nSPS) is 11.9. The zero-order valence-electron chi connectivity index (χ0n) is 8.34. The van der Waals surface area contributed by atoms with Crippen molar-refractivity contribution in [1.29, 1.82) is 0 Å². The summed E-state index contributed by atoms with van der Waals surface area (Å²) < 4.78 is 10.2. The Morgan fingerprint density at radius 2 is 2.53 bits per heavy atom. The fourth-order valence-corrected chi connectivity index (χ4v) is 0.989. The van der Waals surface area contributed by atoms with E-state index in [9.17, 15) is 4.79 Å². The van der Waals surface area contributed by atoms with E-state index in [4.69, 9.17) is 15.3 Å². The van der Waals surface area contributed by atoms with Crippen LogP contribution in [0.4, 0.5) is 0 Å². The van der Waals surface area contributed by atoms with Gasteiger partial charge in [0.2, 0.25) is 6.10 Å². The van der Waals surface area contributed by atoms with Gasteiger partial charge in [0.25, 0.3) is 5.91 Å². The number of aromatic nitrogens is 1. The molecule has 0 bridgehead atoms. The highest BCUT2D eigenvalue weighted by Gasteiger charge is 2.19. The number of nitrogens with zero attached hydrogens (tertiary/aromatic N) is 1. The van der Waals surface area contributed by atoms with E-state index in [1.54, 1.807) is 18.3 Å². The quantitative estimate of drug-likeness (QED) is 0.388. The molecular formula is C9H13N3O3. The van der Waals surface area contributed by atoms with Crippen LogP contribution in [0.2, 0.25) is 0 Å². The van der Waals surface area contributed by atoms with Crippen molar-refractivity contribution in [3.8, 4) is 5.75 Å². The van der Waals surface area contributed by atoms with E-state index in [1.165, 1.54) is 13.3 Å². The summed E-state index contributed by atoms with van der Waals surface area (Å²) in [6.07, 6.45) is 2.34. The molecule has 0 saturated carbocycles. The maximum absolute atomic E-state index is 11.2. The maximum atomic E-state index is 11.2. The van der Waals surface area contributed by atoms with Crippen LogP contribution in [-0.2, 0) is 9.53 Å². The molecule has 1 aromatic rings. The first kappa shape index (κ1) is 11.4. The maximum Gasteiger partial charge on any atom is 0.277 e. The smallest absolute Gasteiger partial charge is 0.277 e. The van der Waals surface area contributed by atoms with Crippen LogP contribution < -0.4 is 16.0 Å². The van der Waals surface area contributed by atoms with Crippen molar-refractivity contribution in [3.05, 3.63) is 24.5 Å². The molecule has 3 N–H and O–H groups in total. The van der Waals surface area contributed by atoms with Crippen molar-refractivity contribution < 1.29 is 14.3 Å². The van der Waals surface area contributed by atoms with Gasteiger partial charge in [-0.15, -0.1) is 0 Å². The highest BCUT2D eigenvalue weighted by molar-refractivity contribution is 5.80. The van der Waals surface area contributed by atoms with E-state index < -0.39 is 12.0 Å². The molecule has 0 radical (unpaired) electrons. The monoisotopic (exact) mass is 211 g/mol. The SMILES string of the molecule is COCC(Oc1cccnc1)C(=O)NN. The van der Waals surface area contributed by atoms with Crippen molar-refractivity contribution in [2.24, 2.45) is 5.84 Å². The van der Waals surface area contributed by atoms with Crippen molar-refractivity contribution in [1.82, 2.24) is 10.4 Å². The van der Waals surface area contributed by atoms with Crippen molar-refractivity contribution in [2.75, 3.05) is 13.7 Å². The molecule has 82 valence electrons. The molecule has 6 heteroatoms. The summed E-state index contributed by atoms with van der Waals surface area (Å²) in [6.45, 7) is 0.123. The average Bonchev–Trinajstić information content (AvgIpc) is 2.29. The number of amides is 1. The number of nitrogens with two attached hydrogens (primary N) is 1. The Morgan fingerprint density at radius 3 is 3.07 bits per heavy atom. The minimum atomic E-state index is -0.774. The summed E-state index contributed by atoms with van der Waals surface area (Å²) in [4.78, 5) is 15.1. The first-order valence-corrected chi connectivity index (χ1v) is 4.34. The second kappa shape index (κ2) is 5.94. The molecule has 1 aromatic heterocycles. The Hall–Kier alpha value is -1.66. The number of pyridine rings is 1. The van der Waals surface area contributed by atoms with E-state index in [0.717, 1.165) is 0 Å². The summed E-state index contributed by atoms with van der Waals surface area (Å²) in [5.41, 5.74) is 2.01. The Balaban J connectivity index is 2.62. The first-order valence-electron chi connectivity index (χ1n) is 4.34. The van der Waals surface area contributed by atoms with Crippen molar-refractivity contribution in [3.63, 3.8) is 0 Å². The van der Waals surface area contributed by atoms with Crippen LogP contribution in [0.3, 0.4) is 0 Å². The lowest BCUT2D eigenvalue weighted by Crippen LogP contribution is -2.44. The molecule has 15 heavy (non-hydrogen) atoms. The molecule has 0 saturated heterocycles. The molecule has 0 aliphatic heterocycles. The number of carbonyl (C=O) groups excluding carboxylic acids is 1. The third-order valence-electron chi connectivity index (χ3n) is 1.67. The van der Waals surface area contributed by atoms with E-state index in [2.05, 4.69) is 4.98 Å². The lowest BCUT2D eigenvalue weighted by atomic mass is 10.3. The first-order chi connectivity index (χ1) is 7.27. The van der Waals surface area contributed by atoms with Gasteiger partial charge in [0.05, 0.1) is 12.8 Å². The molecule has 1 rings (SSSR count). The van der Waals surface area contributed by atoms with Gasteiger partial charge in [-0.1, -0.05) is 0 Å². The summed E-state index contributed by atoms with van der Waals surface area (Å²) in [5.74, 6) is 5.05. The number of rotatable bonds is 5. The summed E-state index contributed by atoms with van der Waals surface area (Å²) >= 11 is 0. The topological polar surface area (TPSA) is 86.5 Å². The Kier molecular flexibility index (Phi) is 4.52. The molecule has 0 aromatic carbocycles. The standard InChI is InChI=1S/C9H13N3O3/c1-14-6-8(9(13)12-10)15-7-3-2-4-11-5-7/h2-5,8H,6,10H2,1H3,(H,12,13). The van der Waals surface area contributed by atoms with Crippen LogP contribution in [0.1, 0.15) is 0 Å². The van der Waals surface area contributed by atoms with Gasteiger partial charge in [0.15, 0.2) is 0 Å². The third kappa shape index (κ3) is 3.53. The van der Waals surface area contributed by atoms with Gasteiger partial charge in [-0.05, 0) is 12.1 Å². The molecule has 1 heterocycles. The van der Waals surface area contributed by atoms with Gasteiger partial charge in [0, 0.05) is 13.3 Å². The molecule has 1 unspecified atom stereocenters. The predicted molar refractivity (Wildman–Crippen MR) is 52.9 cm³/mol. The average molecular weight is 211 g/mol. The molecule has 6 nitrogen and oxygen atoms in total. The number of hydrazine groups is 1. The number of hydrogen-bond acceptors (Lipinski definition) is 5. The predicted octanol–water partition coefficient (Wildman–Crippen LogP) is -0.535. The van der Waals surface area contributed by atoms with E-state index in [0.29, 0.717) is 5.75 Å². The number of nitrogens with one attached hydrogen (secondary N) is 1. The summed E-state index contributed by atoms with van der Waals surface area (Å²) in [5, 5.41) is 0. The van der Waals surface area contributed by atoms with Crippen molar-refractivity contribution in [2.45, 2.75) is 6.10 Å². The number of carbonyl (C=O) groups is 1. The lowest BCUT2D eigenvalue weighted by molar-refractivity contribution is -0.130. The van der Waals surface area contributed by atoms with Gasteiger partial charge in [-0.2, -0.15) is 0 Å².